The molecule has 2 fully saturated rings. The van der Waals surface area contributed by atoms with Crippen molar-refractivity contribution in [3.63, 3.8) is 0 Å². The molecule has 1 aromatic heterocycles. The van der Waals surface area contributed by atoms with Gasteiger partial charge in [-0.25, -0.2) is 4.98 Å². The van der Waals surface area contributed by atoms with Crippen LogP contribution in [0.3, 0.4) is 0 Å². The Labute approximate surface area is 144 Å². The monoisotopic (exact) mass is 335 g/mol. The second-order valence-corrected chi connectivity index (χ2v) is 7.06. The molecular weight excluding hydrogens is 306 g/mol. The topological polar surface area (TPSA) is 64.7 Å². The number of H-pyrrole nitrogens is 1. The van der Waals surface area contributed by atoms with Gasteiger partial charge in [0.25, 0.3) is 0 Å². The quantitative estimate of drug-likeness (QED) is 0.875. The molecule has 0 aromatic carbocycles. The molecule has 0 radical (unpaired) electrons. The number of morpholine rings is 1. The predicted octanol–water partition coefficient (Wildman–Crippen LogP) is 0.644. The fourth-order valence-electron chi connectivity index (χ4n) is 3.37. The third kappa shape index (κ3) is 4.15. The highest BCUT2D eigenvalue weighted by Crippen LogP contribution is 2.20. The lowest BCUT2D eigenvalue weighted by molar-refractivity contribution is -0.141. The van der Waals surface area contributed by atoms with Crippen LogP contribution >= 0.6 is 0 Å². The van der Waals surface area contributed by atoms with Gasteiger partial charge in [-0.3, -0.25) is 14.6 Å². The number of hydrogen-bond donors (Lipinski definition) is 1. The summed E-state index contributed by atoms with van der Waals surface area (Å²) < 4.78 is 5.78. The van der Waals surface area contributed by atoms with Crippen molar-refractivity contribution in [1.29, 1.82) is 0 Å². The first kappa shape index (κ1) is 17.4. The molecule has 1 atom stereocenters. The average molecular weight is 335 g/mol. The smallest absolute Gasteiger partial charge is 0.236 e. The molecule has 2 saturated heterocycles. The van der Waals surface area contributed by atoms with Crippen LogP contribution in [0, 0.1) is 6.92 Å². The normalized spacial score (nSPS) is 23.8. The molecule has 3 heterocycles. The van der Waals surface area contributed by atoms with Crippen molar-refractivity contribution in [3.05, 3.63) is 17.7 Å². The molecule has 3 rings (SSSR count). The highest BCUT2D eigenvalue weighted by atomic mass is 16.5. The summed E-state index contributed by atoms with van der Waals surface area (Å²) in [5.41, 5.74) is 1.01. The van der Waals surface area contributed by atoms with E-state index >= 15 is 0 Å². The number of amides is 1. The molecule has 2 aliphatic heterocycles. The molecule has 0 aliphatic carbocycles. The van der Waals surface area contributed by atoms with E-state index in [1.165, 1.54) is 0 Å². The van der Waals surface area contributed by atoms with Gasteiger partial charge in [-0.1, -0.05) is 0 Å². The number of rotatable bonds is 4. The Morgan fingerprint density at radius 1 is 1.33 bits per heavy atom. The van der Waals surface area contributed by atoms with Gasteiger partial charge in [-0.2, -0.15) is 0 Å². The van der Waals surface area contributed by atoms with Gasteiger partial charge in [0, 0.05) is 50.7 Å². The average Bonchev–Trinajstić information content (AvgIpc) is 3.02. The van der Waals surface area contributed by atoms with E-state index in [1.54, 1.807) is 6.20 Å². The summed E-state index contributed by atoms with van der Waals surface area (Å²) in [6, 6.07) is 0.583. The third-order valence-corrected chi connectivity index (χ3v) is 4.94. The van der Waals surface area contributed by atoms with E-state index in [1.807, 2.05) is 11.8 Å². The number of aryl methyl sites for hydroxylation is 1. The van der Waals surface area contributed by atoms with Crippen LogP contribution in [0.4, 0.5) is 0 Å². The van der Waals surface area contributed by atoms with Crippen LogP contribution in [-0.4, -0.2) is 89.0 Å². The Morgan fingerprint density at radius 3 is 2.71 bits per heavy atom. The molecule has 7 nitrogen and oxygen atoms in total. The van der Waals surface area contributed by atoms with Crippen molar-refractivity contribution in [1.82, 2.24) is 24.7 Å². The summed E-state index contributed by atoms with van der Waals surface area (Å²) >= 11 is 0. The van der Waals surface area contributed by atoms with E-state index in [2.05, 4.69) is 33.6 Å². The zero-order valence-electron chi connectivity index (χ0n) is 15.0. The van der Waals surface area contributed by atoms with Crippen LogP contribution in [0.2, 0.25) is 0 Å². The standard InChI is InChI=1S/C17H29N5O2/c1-13(2)21-6-4-20(5-7-21)12-16(23)22-8-9-24-15(11-22)17-18-10-14(3)19-17/h10,13,15H,4-9,11-12H2,1-3H3,(H,18,19)/t15-/m1/s1. The van der Waals surface area contributed by atoms with Crippen LogP contribution in [0.1, 0.15) is 31.5 Å². The summed E-state index contributed by atoms with van der Waals surface area (Å²) in [4.78, 5) is 26.8. The number of carbonyl (C=O) groups is 1. The molecule has 0 bridgehead atoms. The summed E-state index contributed by atoms with van der Waals surface area (Å²) in [7, 11) is 0. The lowest BCUT2D eigenvalue weighted by Crippen LogP contribution is -2.53. The molecule has 0 spiro atoms. The lowest BCUT2D eigenvalue weighted by Gasteiger charge is -2.38. The van der Waals surface area contributed by atoms with Crippen LogP contribution in [0.5, 0.6) is 0 Å². The van der Waals surface area contributed by atoms with E-state index in [0.29, 0.717) is 32.3 Å². The Bertz CT molecular complexity index is 551. The highest BCUT2D eigenvalue weighted by Gasteiger charge is 2.29. The van der Waals surface area contributed by atoms with Crippen LogP contribution in [-0.2, 0) is 9.53 Å². The van der Waals surface area contributed by atoms with Gasteiger partial charge in [0.05, 0.1) is 19.7 Å². The SMILES string of the molecule is Cc1cnc([C@H]2CN(C(=O)CN3CCN(C(C)C)CC3)CCO2)[nH]1. The summed E-state index contributed by atoms with van der Waals surface area (Å²) in [6.07, 6.45) is 1.66. The van der Waals surface area contributed by atoms with Crippen LogP contribution < -0.4 is 0 Å². The molecule has 1 amide bonds. The zero-order valence-corrected chi connectivity index (χ0v) is 15.0. The van der Waals surface area contributed by atoms with E-state index < -0.39 is 0 Å². The van der Waals surface area contributed by atoms with Gasteiger partial charge in [0.15, 0.2) is 0 Å². The van der Waals surface area contributed by atoms with Crippen molar-refractivity contribution >= 4 is 5.91 Å². The lowest BCUT2D eigenvalue weighted by atomic mass is 10.2. The second-order valence-electron chi connectivity index (χ2n) is 7.06. The predicted molar refractivity (Wildman–Crippen MR) is 91.7 cm³/mol. The third-order valence-electron chi connectivity index (χ3n) is 4.94. The molecule has 7 heteroatoms. The molecule has 134 valence electrons. The van der Waals surface area contributed by atoms with Crippen molar-refractivity contribution in [3.8, 4) is 0 Å². The fourth-order valence-corrected chi connectivity index (χ4v) is 3.37. The summed E-state index contributed by atoms with van der Waals surface area (Å²) in [5.74, 6) is 1.01. The van der Waals surface area contributed by atoms with Crippen molar-refractivity contribution in [2.24, 2.45) is 0 Å². The minimum absolute atomic E-state index is 0.144. The second kappa shape index (κ2) is 7.63. The Hall–Kier alpha value is -1.44. The Balaban J connectivity index is 1.50. The van der Waals surface area contributed by atoms with E-state index in [-0.39, 0.29) is 12.0 Å². The van der Waals surface area contributed by atoms with Gasteiger partial charge in [0.2, 0.25) is 5.91 Å². The molecule has 2 aliphatic rings. The molecule has 0 saturated carbocycles. The fraction of sp³-hybridized carbons (Fsp3) is 0.765. The number of nitrogens with zero attached hydrogens (tertiary/aromatic N) is 4. The number of imidazole rings is 1. The van der Waals surface area contributed by atoms with Gasteiger partial charge in [-0.15, -0.1) is 0 Å². The number of hydrogen-bond acceptors (Lipinski definition) is 5. The zero-order chi connectivity index (χ0) is 17.1. The Morgan fingerprint density at radius 2 is 2.08 bits per heavy atom. The highest BCUT2D eigenvalue weighted by molar-refractivity contribution is 5.78. The summed E-state index contributed by atoms with van der Waals surface area (Å²) in [5, 5.41) is 0. The molecule has 1 aromatic rings. The van der Waals surface area contributed by atoms with E-state index in [0.717, 1.165) is 37.7 Å². The number of nitrogens with one attached hydrogen (secondary N) is 1. The minimum Gasteiger partial charge on any atom is -0.367 e. The Kier molecular flexibility index (Phi) is 5.53. The van der Waals surface area contributed by atoms with Gasteiger partial charge < -0.3 is 14.6 Å². The maximum absolute atomic E-state index is 12.6. The minimum atomic E-state index is -0.144. The first-order chi connectivity index (χ1) is 11.5. The largest absolute Gasteiger partial charge is 0.367 e. The number of carbonyl (C=O) groups excluding carboxylic acids is 1. The summed E-state index contributed by atoms with van der Waals surface area (Å²) in [6.45, 7) is 12.8. The number of aromatic nitrogens is 2. The number of piperazine rings is 1. The van der Waals surface area contributed by atoms with Gasteiger partial charge >= 0.3 is 0 Å². The number of ether oxygens (including phenoxy) is 1. The first-order valence-corrected chi connectivity index (χ1v) is 8.90. The number of aromatic amines is 1. The van der Waals surface area contributed by atoms with Crippen molar-refractivity contribution in [2.45, 2.75) is 32.9 Å². The van der Waals surface area contributed by atoms with E-state index in [9.17, 15) is 4.79 Å². The first-order valence-electron chi connectivity index (χ1n) is 8.90. The molecule has 0 unspecified atom stereocenters. The maximum Gasteiger partial charge on any atom is 0.236 e. The van der Waals surface area contributed by atoms with Gasteiger partial charge in [0.1, 0.15) is 11.9 Å². The maximum atomic E-state index is 12.6. The molecule has 24 heavy (non-hydrogen) atoms. The van der Waals surface area contributed by atoms with E-state index in [4.69, 9.17) is 4.74 Å². The van der Waals surface area contributed by atoms with Crippen LogP contribution in [0.25, 0.3) is 0 Å². The van der Waals surface area contributed by atoms with Gasteiger partial charge in [-0.05, 0) is 20.8 Å². The van der Waals surface area contributed by atoms with Crippen molar-refractivity contribution in [2.75, 3.05) is 52.4 Å². The molecular formula is C17H29N5O2. The molecule has 1 N–H and O–H groups in total. The van der Waals surface area contributed by atoms with Crippen molar-refractivity contribution < 1.29 is 9.53 Å². The van der Waals surface area contributed by atoms with Crippen LogP contribution in [0.15, 0.2) is 6.20 Å².